The predicted octanol–water partition coefficient (Wildman–Crippen LogP) is 3.53. The normalized spacial score (nSPS) is 17.5. The average Bonchev–Trinajstić information content (AvgIpc) is 2.80. The van der Waals surface area contributed by atoms with Crippen LogP contribution in [0.15, 0.2) is 24.3 Å². The van der Waals surface area contributed by atoms with Gasteiger partial charge in [0, 0.05) is 0 Å². The van der Waals surface area contributed by atoms with Gasteiger partial charge >= 0.3 is 0 Å². The minimum atomic E-state index is -0.593. The van der Waals surface area contributed by atoms with Gasteiger partial charge in [-0.05, 0) is 36.3 Å². The van der Waals surface area contributed by atoms with Crippen LogP contribution in [0.4, 0.5) is 0 Å². The molecule has 0 saturated carbocycles. The van der Waals surface area contributed by atoms with Crippen molar-refractivity contribution in [3.8, 4) is 17.6 Å². The highest BCUT2D eigenvalue weighted by Gasteiger charge is 2.41. The Kier molecular flexibility index (Phi) is 3.77. The second kappa shape index (κ2) is 5.13. The summed E-state index contributed by atoms with van der Waals surface area (Å²) in [5, 5.41) is 9.34. The SMILES string of the molecule is CC(C#N)(CCCI)C1Oc2ccccc2O1. The van der Waals surface area contributed by atoms with Crippen molar-refractivity contribution in [2.75, 3.05) is 4.43 Å². The molecule has 0 spiro atoms. The fourth-order valence-corrected chi connectivity index (χ4v) is 2.20. The number of hydrogen-bond acceptors (Lipinski definition) is 3. The van der Waals surface area contributed by atoms with Gasteiger partial charge in [-0.1, -0.05) is 34.7 Å². The van der Waals surface area contributed by atoms with Crippen molar-refractivity contribution in [1.82, 2.24) is 0 Å². The molecule has 1 atom stereocenters. The lowest BCUT2D eigenvalue weighted by Gasteiger charge is -2.26. The number of fused-ring (bicyclic) bond motifs is 1. The molecule has 17 heavy (non-hydrogen) atoms. The summed E-state index contributed by atoms with van der Waals surface area (Å²) >= 11 is 2.32. The van der Waals surface area contributed by atoms with Crippen LogP contribution in [0.25, 0.3) is 0 Å². The number of alkyl halides is 1. The molecule has 4 heteroatoms. The predicted molar refractivity (Wildman–Crippen MR) is 73.3 cm³/mol. The molecule has 1 heterocycles. The maximum Gasteiger partial charge on any atom is 0.259 e. The first-order chi connectivity index (χ1) is 8.19. The van der Waals surface area contributed by atoms with Crippen molar-refractivity contribution in [2.24, 2.45) is 5.41 Å². The fraction of sp³-hybridized carbons (Fsp3) is 0.462. The van der Waals surface area contributed by atoms with Crippen molar-refractivity contribution in [1.29, 1.82) is 5.26 Å². The van der Waals surface area contributed by atoms with Gasteiger partial charge in [0.05, 0.1) is 6.07 Å². The quantitative estimate of drug-likeness (QED) is 0.620. The highest BCUT2D eigenvalue weighted by atomic mass is 127. The molecule has 0 bridgehead atoms. The molecule has 0 aliphatic carbocycles. The number of hydrogen-bond donors (Lipinski definition) is 0. The molecular formula is C13H14INO2. The Labute approximate surface area is 115 Å². The van der Waals surface area contributed by atoms with Crippen LogP contribution in [0.3, 0.4) is 0 Å². The van der Waals surface area contributed by atoms with E-state index in [0.29, 0.717) is 0 Å². The van der Waals surface area contributed by atoms with E-state index in [1.54, 1.807) is 0 Å². The maximum absolute atomic E-state index is 9.34. The van der Waals surface area contributed by atoms with E-state index in [2.05, 4.69) is 28.7 Å². The van der Waals surface area contributed by atoms with E-state index in [9.17, 15) is 5.26 Å². The Morgan fingerprint density at radius 2 is 1.94 bits per heavy atom. The maximum atomic E-state index is 9.34. The Morgan fingerprint density at radius 3 is 2.41 bits per heavy atom. The first-order valence-electron chi connectivity index (χ1n) is 5.59. The number of para-hydroxylation sites is 2. The second-order valence-electron chi connectivity index (χ2n) is 4.34. The van der Waals surface area contributed by atoms with E-state index in [1.165, 1.54) is 0 Å². The van der Waals surface area contributed by atoms with Gasteiger partial charge in [-0.15, -0.1) is 0 Å². The Balaban J connectivity index is 2.13. The number of rotatable bonds is 4. The Morgan fingerprint density at radius 1 is 1.35 bits per heavy atom. The van der Waals surface area contributed by atoms with Crippen LogP contribution in [0.1, 0.15) is 19.8 Å². The van der Waals surface area contributed by atoms with Crippen LogP contribution >= 0.6 is 22.6 Å². The van der Waals surface area contributed by atoms with Gasteiger partial charge in [0.15, 0.2) is 11.5 Å². The average molecular weight is 343 g/mol. The molecule has 1 aromatic carbocycles. The summed E-state index contributed by atoms with van der Waals surface area (Å²) < 4.78 is 12.5. The molecule has 1 aromatic rings. The summed E-state index contributed by atoms with van der Waals surface area (Å²) in [5.74, 6) is 1.46. The van der Waals surface area contributed by atoms with Gasteiger partial charge in [0.2, 0.25) is 0 Å². The van der Waals surface area contributed by atoms with Crippen LogP contribution in [-0.2, 0) is 0 Å². The molecule has 0 N–H and O–H groups in total. The molecule has 0 fully saturated rings. The zero-order valence-corrected chi connectivity index (χ0v) is 11.8. The Bertz CT molecular complexity index is 418. The van der Waals surface area contributed by atoms with Crippen molar-refractivity contribution in [3.63, 3.8) is 0 Å². The van der Waals surface area contributed by atoms with Crippen LogP contribution in [-0.4, -0.2) is 10.7 Å². The lowest BCUT2D eigenvalue weighted by Crippen LogP contribution is -2.37. The van der Waals surface area contributed by atoms with E-state index in [4.69, 9.17) is 9.47 Å². The van der Waals surface area contributed by atoms with E-state index in [-0.39, 0.29) is 0 Å². The van der Waals surface area contributed by atoms with Gasteiger partial charge < -0.3 is 9.47 Å². The van der Waals surface area contributed by atoms with Crippen LogP contribution in [0, 0.1) is 16.7 Å². The molecular weight excluding hydrogens is 329 g/mol. The molecule has 0 amide bonds. The van der Waals surface area contributed by atoms with Crippen molar-refractivity contribution in [3.05, 3.63) is 24.3 Å². The zero-order chi connectivity index (χ0) is 12.3. The molecule has 0 radical (unpaired) electrons. The molecule has 1 aliphatic heterocycles. The molecule has 2 rings (SSSR count). The summed E-state index contributed by atoms with van der Waals surface area (Å²) in [7, 11) is 0. The van der Waals surface area contributed by atoms with Crippen LogP contribution in [0.5, 0.6) is 11.5 Å². The summed E-state index contributed by atoms with van der Waals surface area (Å²) in [5.41, 5.74) is -0.593. The molecule has 1 aliphatic rings. The largest absolute Gasteiger partial charge is 0.449 e. The number of ether oxygens (including phenoxy) is 2. The first kappa shape index (κ1) is 12.5. The van der Waals surface area contributed by atoms with Crippen LogP contribution in [0.2, 0.25) is 0 Å². The van der Waals surface area contributed by atoms with Crippen LogP contribution < -0.4 is 9.47 Å². The summed E-state index contributed by atoms with van der Waals surface area (Å²) in [6, 6.07) is 9.87. The summed E-state index contributed by atoms with van der Waals surface area (Å²) in [6.07, 6.45) is 1.28. The molecule has 1 unspecified atom stereocenters. The summed E-state index contributed by atoms with van der Waals surface area (Å²) in [6.45, 7) is 1.90. The fourth-order valence-electron chi connectivity index (χ4n) is 1.82. The van der Waals surface area contributed by atoms with Gasteiger partial charge in [0.1, 0.15) is 5.41 Å². The number of nitriles is 1. The second-order valence-corrected chi connectivity index (χ2v) is 5.41. The number of halogens is 1. The monoisotopic (exact) mass is 343 g/mol. The van der Waals surface area contributed by atoms with E-state index < -0.39 is 11.7 Å². The number of benzene rings is 1. The third-order valence-electron chi connectivity index (χ3n) is 2.92. The van der Waals surface area contributed by atoms with E-state index >= 15 is 0 Å². The Hall–Kier alpha value is -0.960. The van der Waals surface area contributed by atoms with Gasteiger partial charge in [0.25, 0.3) is 6.29 Å². The number of nitrogens with zero attached hydrogens (tertiary/aromatic N) is 1. The smallest absolute Gasteiger partial charge is 0.259 e. The lowest BCUT2D eigenvalue weighted by molar-refractivity contribution is -0.0338. The zero-order valence-electron chi connectivity index (χ0n) is 9.65. The first-order valence-corrected chi connectivity index (χ1v) is 7.12. The third kappa shape index (κ3) is 2.49. The third-order valence-corrected chi connectivity index (χ3v) is 3.69. The minimum absolute atomic E-state index is 0.493. The summed E-state index contributed by atoms with van der Waals surface area (Å²) in [4.78, 5) is 0. The molecule has 0 aromatic heterocycles. The van der Waals surface area contributed by atoms with Crippen molar-refractivity contribution in [2.45, 2.75) is 26.1 Å². The highest BCUT2D eigenvalue weighted by molar-refractivity contribution is 14.1. The van der Waals surface area contributed by atoms with Gasteiger partial charge in [-0.3, -0.25) is 0 Å². The highest BCUT2D eigenvalue weighted by Crippen LogP contribution is 2.41. The van der Waals surface area contributed by atoms with Crippen molar-refractivity contribution < 1.29 is 9.47 Å². The van der Waals surface area contributed by atoms with E-state index in [0.717, 1.165) is 28.8 Å². The van der Waals surface area contributed by atoms with Crippen molar-refractivity contribution >= 4 is 22.6 Å². The van der Waals surface area contributed by atoms with E-state index in [1.807, 2.05) is 31.2 Å². The standard InChI is InChI=1S/C13H14INO2/c1-13(9-15,7-4-8-14)12-16-10-5-2-3-6-11(10)17-12/h2-3,5-6,12H,4,7-8H2,1H3. The van der Waals surface area contributed by atoms with Gasteiger partial charge in [-0.2, -0.15) is 5.26 Å². The molecule has 90 valence electrons. The molecule has 0 saturated heterocycles. The minimum Gasteiger partial charge on any atom is -0.449 e. The molecule has 3 nitrogen and oxygen atoms in total. The van der Waals surface area contributed by atoms with Gasteiger partial charge in [-0.25, -0.2) is 0 Å². The lowest BCUT2D eigenvalue weighted by atomic mass is 9.86. The topological polar surface area (TPSA) is 42.2 Å².